The molecule has 1 N–H and O–H groups in total. The molecule has 0 aromatic heterocycles. The first-order valence-electron chi connectivity index (χ1n) is 7.22. The summed E-state index contributed by atoms with van der Waals surface area (Å²) < 4.78 is 11.8. The van der Waals surface area contributed by atoms with Crippen LogP contribution in [-0.4, -0.2) is 38.0 Å². The lowest BCUT2D eigenvalue weighted by Gasteiger charge is -2.44. The standard InChI is InChI=1S/C14H27NO2/c1-3-16-11-13-14(17-10-9-15-13)7-4-5-12(2)6-8-14/h12-13,15H,3-11H2,1-2H3. The van der Waals surface area contributed by atoms with Crippen molar-refractivity contribution in [3.63, 3.8) is 0 Å². The van der Waals surface area contributed by atoms with Gasteiger partial charge in [-0.3, -0.25) is 0 Å². The van der Waals surface area contributed by atoms with Crippen molar-refractivity contribution in [3.8, 4) is 0 Å². The molecule has 3 nitrogen and oxygen atoms in total. The average molecular weight is 241 g/mol. The molecule has 0 aromatic carbocycles. The largest absolute Gasteiger partial charge is 0.380 e. The molecule has 1 aliphatic heterocycles. The SMILES string of the molecule is CCOCC1NCCOC12CCCC(C)CC2. The van der Waals surface area contributed by atoms with Gasteiger partial charge in [0, 0.05) is 13.2 Å². The van der Waals surface area contributed by atoms with Crippen molar-refractivity contribution in [1.29, 1.82) is 0 Å². The summed E-state index contributed by atoms with van der Waals surface area (Å²) in [6, 6.07) is 0.390. The molecule has 2 rings (SSSR count). The van der Waals surface area contributed by atoms with Crippen molar-refractivity contribution in [3.05, 3.63) is 0 Å². The Morgan fingerprint density at radius 3 is 3.06 bits per heavy atom. The highest BCUT2D eigenvalue weighted by Crippen LogP contribution is 2.37. The third-order valence-electron chi connectivity index (χ3n) is 4.36. The maximum Gasteiger partial charge on any atom is 0.0858 e. The van der Waals surface area contributed by atoms with E-state index in [4.69, 9.17) is 9.47 Å². The van der Waals surface area contributed by atoms with E-state index in [1.54, 1.807) is 0 Å². The van der Waals surface area contributed by atoms with Crippen LogP contribution in [0.5, 0.6) is 0 Å². The Morgan fingerprint density at radius 2 is 2.24 bits per heavy atom. The molecular weight excluding hydrogens is 214 g/mol. The van der Waals surface area contributed by atoms with Crippen LogP contribution in [0.3, 0.4) is 0 Å². The van der Waals surface area contributed by atoms with Crippen LogP contribution in [0.25, 0.3) is 0 Å². The highest BCUT2D eigenvalue weighted by atomic mass is 16.5. The maximum atomic E-state index is 6.20. The second-order valence-corrected chi connectivity index (χ2v) is 5.62. The molecule has 1 heterocycles. The number of hydrogen-bond acceptors (Lipinski definition) is 3. The Labute approximate surface area is 105 Å². The van der Waals surface area contributed by atoms with Crippen LogP contribution >= 0.6 is 0 Å². The van der Waals surface area contributed by atoms with Gasteiger partial charge in [0.1, 0.15) is 0 Å². The third kappa shape index (κ3) is 3.21. The number of nitrogens with one attached hydrogen (secondary N) is 1. The van der Waals surface area contributed by atoms with Crippen molar-refractivity contribution in [2.24, 2.45) is 5.92 Å². The summed E-state index contributed by atoms with van der Waals surface area (Å²) >= 11 is 0. The number of ether oxygens (including phenoxy) is 2. The van der Waals surface area contributed by atoms with Crippen LogP contribution in [0, 0.1) is 5.92 Å². The highest BCUT2D eigenvalue weighted by Gasteiger charge is 2.42. The minimum atomic E-state index is 0.0538. The van der Waals surface area contributed by atoms with Gasteiger partial charge in [0.2, 0.25) is 0 Å². The van der Waals surface area contributed by atoms with E-state index >= 15 is 0 Å². The van der Waals surface area contributed by atoms with E-state index in [9.17, 15) is 0 Å². The zero-order valence-electron chi connectivity index (χ0n) is 11.3. The van der Waals surface area contributed by atoms with E-state index in [2.05, 4.69) is 19.2 Å². The fraction of sp³-hybridized carbons (Fsp3) is 1.00. The molecule has 17 heavy (non-hydrogen) atoms. The van der Waals surface area contributed by atoms with Gasteiger partial charge in [0.05, 0.1) is 24.9 Å². The molecule has 2 fully saturated rings. The van der Waals surface area contributed by atoms with Crippen molar-refractivity contribution >= 4 is 0 Å². The molecule has 0 bridgehead atoms. The normalized spacial score (nSPS) is 39.2. The van der Waals surface area contributed by atoms with Crippen LogP contribution in [0.15, 0.2) is 0 Å². The zero-order valence-corrected chi connectivity index (χ0v) is 11.3. The van der Waals surface area contributed by atoms with Crippen LogP contribution < -0.4 is 5.32 Å². The second kappa shape index (κ2) is 6.17. The fourth-order valence-electron chi connectivity index (χ4n) is 3.22. The van der Waals surface area contributed by atoms with Gasteiger partial charge in [0.15, 0.2) is 0 Å². The average Bonchev–Trinajstić information content (AvgIpc) is 2.52. The molecule has 100 valence electrons. The molecule has 0 radical (unpaired) electrons. The highest BCUT2D eigenvalue weighted by molar-refractivity contribution is 4.97. The predicted octanol–water partition coefficient (Wildman–Crippen LogP) is 2.35. The molecule has 0 amide bonds. The summed E-state index contributed by atoms with van der Waals surface area (Å²) in [5, 5.41) is 3.61. The molecule has 3 unspecified atom stereocenters. The lowest BCUT2D eigenvalue weighted by molar-refractivity contribution is -0.121. The van der Waals surface area contributed by atoms with Gasteiger partial charge < -0.3 is 14.8 Å². The van der Waals surface area contributed by atoms with Crippen LogP contribution in [-0.2, 0) is 9.47 Å². The third-order valence-corrected chi connectivity index (χ3v) is 4.36. The molecule has 1 saturated heterocycles. The smallest absolute Gasteiger partial charge is 0.0858 e. The van der Waals surface area contributed by atoms with Gasteiger partial charge in [0.25, 0.3) is 0 Å². The molecule has 1 saturated carbocycles. The molecule has 0 aromatic rings. The van der Waals surface area contributed by atoms with Crippen molar-refractivity contribution in [2.75, 3.05) is 26.4 Å². The van der Waals surface area contributed by atoms with Gasteiger partial charge >= 0.3 is 0 Å². The van der Waals surface area contributed by atoms with E-state index < -0.39 is 0 Å². The summed E-state index contributed by atoms with van der Waals surface area (Å²) in [5.41, 5.74) is 0.0538. The number of hydrogen-bond donors (Lipinski definition) is 1. The van der Waals surface area contributed by atoms with Crippen molar-refractivity contribution in [2.45, 2.75) is 57.6 Å². The second-order valence-electron chi connectivity index (χ2n) is 5.62. The molecule has 3 atom stereocenters. The first kappa shape index (κ1) is 13.3. The summed E-state index contributed by atoms with van der Waals surface area (Å²) in [6.07, 6.45) is 6.34. The lowest BCUT2D eigenvalue weighted by atomic mass is 9.85. The Hall–Kier alpha value is -0.120. The minimum absolute atomic E-state index is 0.0538. The summed E-state index contributed by atoms with van der Waals surface area (Å²) in [5.74, 6) is 0.854. The van der Waals surface area contributed by atoms with Crippen LogP contribution in [0.4, 0.5) is 0 Å². The van der Waals surface area contributed by atoms with Gasteiger partial charge in [-0.2, -0.15) is 0 Å². The zero-order chi connectivity index (χ0) is 12.1. The summed E-state index contributed by atoms with van der Waals surface area (Å²) in [4.78, 5) is 0. The first-order valence-corrected chi connectivity index (χ1v) is 7.22. The fourth-order valence-corrected chi connectivity index (χ4v) is 3.22. The van der Waals surface area contributed by atoms with Gasteiger partial charge in [-0.1, -0.05) is 19.8 Å². The molecule has 2 aliphatic rings. The number of rotatable bonds is 3. The van der Waals surface area contributed by atoms with Gasteiger partial charge in [-0.25, -0.2) is 0 Å². The predicted molar refractivity (Wildman–Crippen MR) is 69.2 cm³/mol. The molecule has 1 aliphatic carbocycles. The van der Waals surface area contributed by atoms with Crippen molar-refractivity contribution < 1.29 is 9.47 Å². The summed E-state index contributed by atoms with van der Waals surface area (Å²) in [7, 11) is 0. The van der Waals surface area contributed by atoms with Crippen LogP contribution in [0.1, 0.15) is 46.0 Å². The Balaban J connectivity index is 2.01. The lowest BCUT2D eigenvalue weighted by Crippen LogP contribution is -2.59. The number of morpholine rings is 1. The van der Waals surface area contributed by atoms with Crippen LogP contribution in [0.2, 0.25) is 0 Å². The Kier molecular flexibility index (Phi) is 4.83. The first-order chi connectivity index (χ1) is 8.27. The topological polar surface area (TPSA) is 30.5 Å². The van der Waals surface area contributed by atoms with E-state index in [1.807, 2.05) is 0 Å². The Bertz CT molecular complexity index is 234. The molecule has 3 heteroatoms. The quantitative estimate of drug-likeness (QED) is 0.823. The van der Waals surface area contributed by atoms with Gasteiger partial charge in [-0.05, 0) is 32.1 Å². The Morgan fingerprint density at radius 1 is 1.35 bits per heavy atom. The van der Waals surface area contributed by atoms with E-state index in [1.165, 1.54) is 32.1 Å². The van der Waals surface area contributed by atoms with Crippen molar-refractivity contribution in [1.82, 2.24) is 5.32 Å². The van der Waals surface area contributed by atoms with E-state index in [-0.39, 0.29) is 5.60 Å². The van der Waals surface area contributed by atoms with E-state index in [0.717, 1.165) is 32.3 Å². The monoisotopic (exact) mass is 241 g/mol. The molecule has 1 spiro atoms. The molecular formula is C14H27NO2. The summed E-state index contributed by atoms with van der Waals surface area (Å²) in [6.45, 7) is 7.85. The maximum absolute atomic E-state index is 6.20. The minimum Gasteiger partial charge on any atom is -0.380 e. The van der Waals surface area contributed by atoms with E-state index in [0.29, 0.717) is 6.04 Å². The van der Waals surface area contributed by atoms with Gasteiger partial charge in [-0.15, -0.1) is 0 Å².